The van der Waals surface area contributed by atoms with Crippen molar-refractivity contribution in [2.75, 3.05) is 26.2 Å². The maximum Gasteiger partial charge on any atom is 0.253 e. The smallest absolute Gasteiger partial charge is 0.253 e. The molecule has 2 aromatic rings. The Bertz CT molecular complexity index is 863. The summed E-state index contributed by atoms with van der Waals surface area (Å²) < 4.78 is 0.938. The molecule has 0 aliphatic carbocycles. The molecule has 1 heterocycles. The van der Waals surface area contributed by atoms with Gasteiger partial charge in [0.2, 0.25) is 11.8 Å². The van der Waals surface area contributed by atoms with Crippen molar-refractivity contribution >= 4 is 33.7 Å². The van der Waals surface area contributed by atoms with Gasteiger partial charge in [-0.2, -0.15) is 0 Å². The van der Waals surface area contributed by atoms with Crippen LogP contribution in [0.2, 0.25) is 0 Å². The highest BCUT2D eigenvalue weighted by molar-refractivity contribution is 9.10. The Hall–Kier alpha value is -2.67. The molecule has 1 aliphatic rings. The van der Waals surface area contributed by atoms with Gasteiger partial charge >= 0.3 is 0 Å². The first kappa shape index (κ1) is 21.0. The number of carbonyl (C=O) groups excluding carboxylic acids is 3. The zero-order valence-corrected chi connectivity index (χ0v) is 17.9. The van der Waals surface area contributed by atoms with Crippen LogP contribution < -0.4 is 5.32 Å². The van der Waals surface area contributed by atoms with Crippen molar-refractivity contribution < 1.29 is 14.4 Å². The lowest BCUT2D eigenvalue weighted by molar-refractivity contribution is -0.133. The summed E-state index contributed by atoms with van der Waals surface area (Å²) in [6, 6.07) is 16.4. The van der Waals surface area contributed by atoms with Crippen LogP contribution in [-0.2, 0) is 9.59 Å². The third kappa shape index (κ3) is 5.67. The van der Waals surface area contributed by atoms with Gasteiger partial charge in [0.05, 0.1) is 12.5 Å². The average molecular weight is 458 g/mol. The summed E-state index contributed by atoms with van der Waals surface area (Å²) in [5, 5.41) is 2.87. The van der Waals surface area contributed by atoms with E-state index in [0.717, 1.165) is 10.0 Å². The van der Waals surface area contributed by atoms with Crippen LogP contribution in [0.25, 0.3) is 0 Å². The van der Waals surface area contributed by atoms with Crippen molar-refractivity contribution in [2.24, 2.45) is 0 Å². The monoisotopic (exact) mass is 457 g/mol. The molecule has 1 unspecified atom stereocenters. The van der Waals surface area contributed by atoms with Gasteiger partial charge in [-0.05, 0) is 29.8 Å². The second-order valence-corrected chi connectivity index (χ2v) is 7.96. The fraction of sp³-hybridized carbons (Fsp3) is 0.318. The number of piperazine rings is 1. The zero-order chi connectivity index (χ0) is 20.8. The molecule has 3 rings (SSSR count). The number of hydrogen-bond donors (Lipinski definition) is 1. The predicted molar refractivity (Wildman–Crippen MR) is 114 cm³/mol. The molecule has 3 amide bonds. The largest absolute Gasteiger partial charge is 0.349 e. The second kappa shape index (κ2) is 9.69. The molecule has 1 N–H and O–H groups in total. The van der Waals surface area contributed by atoms with Gasteiger partial charge in [0.25, 0.3) is 5.91 Å². The molecule has 29 heavy (non-hydrogen) atoms. The third-order valence-electron chi connectivity index (χ3n) is 4.97. The molecule has 7 heteroatoms. The van der Waals surface area contributed by atoms with Crippen LogP contribution in [0.4, 0.5) is 0 Å². The third-order valence-corrected chi connectivity index (χ3v) is 5.50. The van der Waals surface area contributed by atoms with E-state index in [1.54, 1.807) is 21.9 Å². The van der Waals surface area contributed by atoms with Crippen molar-refractivity contribution in [1.29, 1.82) is 0 Å². The SMILES string of the molecule is CC(=O)NC(CC(=O)N1CCN(C(=O)c2ccccc2)CC1)c1ccc(Br)cc1. The first-order chi connectivity index (χ1) is 13.9. The van der Waals surface area contributed by atoms with Gasteiger partial charge in [-0.1, -0.05) is 46.3 Å². The summed E-state index contributed by atoms with van der Waals surface area (Å²) in [5.41, 5.74) is 1.54. The van der Waals surface area contributed by atoms with E-state index in [1.807, 2.05) is 42.5 Å². The number of rotatable bonds is 5. The first-order valence-corrected chi connectivity index (χ1v) is 10.4. The van der Waals surface area contributed by atoms with Gasteiger partial charge in [0.1, 0.15) is 0 Å². The van der Waals surface area contributed by atoms with E-state index in [0.29, 0.717) is 31.7 Å². The van der Waals surface area contributed by atoms with Crippen molar-refractivity contribution in [2.45, 2.75) is 19.4 Å². The summed E-state index contributed by atoms with van der Waals surface area (Å²) >= 11 is 3.40. The molecular weight excluding hydrogens is 434 g/mol. The number of hydrogen-bond acceptors (Lipinski definition) is 3. The highest BCUT2D eigenvalue weighted by atomic mass is 79.9. The topological polar surface area (TPSA) is 69.7 Å². The molecule has 0 bridgehead atoms. The molecule has 2 aromatic carbocycles. The van der Waals surface area contributed by atoms with Crippen LogP contribution in [0.15, 0.2) is 59.1 Å². The predicted octanol–water partition coefficient (Wildman–Crippen LogP) is 3.00. The van der Waals surface area contributed by atoms with E-state index in [4.69, 9.17) is 0 Å². The van der Waals surface area contributed by atoms with Crippen molar-refractivity contribution in [3.8, 4) is 0 Å². The molecule has 1 saturated heterocycles. The lowest BCUT2D eigenvalue weighted by Crippen LogP contribution is -2.51. The Kier molecular flexibility index (Phi) is 7.04. The van der Waals surface area contributed by atoms with E-state index < -0.39 is 0 Å². The average Bonchev–Trinajstić information content (AvgIpc) is 2.73. The van der Waals surface area contributed by atoms with Gasteiger partial charge in [0.15, 0.2) is 0 Å². The highest BCUT2D eigenvalue weighted by Crippen LogP contribution is 2.21. The molecule has 1 aliphatic heterocycles. The van der Waals surface area contributed by atoms with E-state index in [2.05, 4.69) is 21.2 Å². The number of benzene rings is 2. The van der Waals surface area contributed by atoms with E-state index in [-0.39, 0.29) is 30.2 Å². The molecule has 1 fully saturated rings. The maximum atomic E-state index is 12.8. The minimum atomic E-state index is -0.378. The zero-order valence-electron chi connectivity index (χ0n) is 16.3. The van der Waals surface area contributed by atoms with E-state index in [1.165, 1.54) is 6.92 Å². The summed E-state index contributed by atoms with van der Waals surface area (Å²) in [5.74, 6) is -0.217. The standard InChI is InChI=1S/C22H24BrN3O3/c1-16(27)24-20(17-7-9-19(23)10-8-17)15-21(28)25-11-13-26(14-12-25)22(29)18-5-3-2-4-6-18/h2-10,20H,11-15H2,1H3,(H,24,27). The molecule has 0 radical (unpaired) electrons. The van der Waals surface area contributed by atoms with E-state index >= 15 is 0 Å². The fourth-order valence-electron chi connectivity index (χ4n) is 3.42. The molecule has 0 aromatic heterocycles. The molecule has 6 nitrogen and oxygen atoms in total. The lowest BCUT2D eigenvalue weighted by Gasteiger charge is -2.35. The van der Waals surface area contributed by atoms with Crippen molar-refractivity contribution in [3.05, 3.63) is 70.2 Å². The maximum absolute atomic E-state index is 12.8. The van der Waals surface area contributed by atoms with Crippen LogP contribution in [0.5, 0.6) is 0 Å². The number of carbonyl (C=O) groups is 3. The van der Waals surface area contributed by atoms with Crippen LogP contribution in [0.3, 0.4) is 0 Å². The van der Waals surface area contributed by atoms with Gasteiger partial charge in [-0.15, -0.1) is 0 Å². The van der Waals surface area contributed by atoms with Crippen LogP contribution in [-0.4, -0.2) is 53.7 Å². The minimum absolute atomic E-state index is 0.0105. The molecule has 1 atom stereocenters. The number of halogens is 1. The highest BCUT2D eigenvalue weighted by Gasteiger charge is 2.27. The Morgan fingerprint density at radius 2 is 1.52 bits per heavy atom. The Morgan fingerprint density at radius 1 is 0.931 bits per heavy atom. The summed E-state index contributed by atoms with van der Waals surface area (Å²) in [6.45, 7) is 3.43. The van der Waals surface area contributed by atoms with Crippen LogP contribution in [0.1, 0.15) is 35.3 Å². The van der Waals surface area contributed by atoms with Gasteiger partial charge in [-0.3, -0.25) is 14.4 Å². The van der Waals surface area contributed by atoms with Gasteiger partial charge in [-0.25, -0.2) is 0 Å². The Morgan fingerprint density at radius 3 is 2.10 bits per heavy atom. The quantitative estimate of drug-likeness (QED) is 0.749. The number of amides is 3. The van der Waals surface area contributed by atoms with Crippen molar-refractivity contribution in [1.82, 2.24) is 15.1 Å². The number of nitrogens with one attached hydrogen (secondary N) is 1. The minimum Gasteiger partial charge on any atom is -0.349 e. The summed E-state index contributed by atoms with van der Waals surface area (Å²) in [4.78, 5) is 40.6. The van der Waals surface area contributed by atoms with Crippen LogP contribution >= 0.6 is 15.9 Å². The Balaban J connectivity index is 1.59. The normalized spacial score (nSPS) is 15.0. The molecule has 0 spiro atoms. The molecule has 0 saturated carbocycles. The lowest BCUT2D eigenvalue weighted by atomic mass is 10.0. The second-order valence-electron chi connectivity index (χ2n) is 7.05. The fourth-order valence-corrected chi connectivity index (χ4v) is 3.68. The molecular formula is C22H24BrN3O3. The number of nitrogens with zero attached hydrogens (tertiary/aromatic N) is 2. The van der Waals surface area contributed by atoms with Gasteiger partial charge < -0.3 is 15.1 Å². The van der Waals surface area contributed by atoms with Crippen molar-refractivity contribution in [3.63, 3.8) is 0 Å². The Labute approximate surface area is 179 Å². The first-order valence-electron chi connectivity index (χ1n) is 9.58. The van der Waals surface area contributed by atoms with Crippen LogP contribution in [0, 0.1) is 0 Å². The van der Waals surface area contributed by atoms with Gasteiger partial charge in [0, 0.05) is 43.1 Å². The summed E-state index contributed by atoms with van der Waals surface area (Å²) in [6.07, 6.45) is 0.188. The molecule has 152 valence electrons. The summed E-state index contributed by atoms with van der Waals surface area (Å²) in [7, 11) is 0. The van der Waals surface area contributed by atoms with E-state index in [9.17, 15) is 14.4 Å².